The summed E-state index contributed by atoms with van der Waals surface area (Å²) in [6.07, 6.45) is 3.69. The van der Waals surface area contributed by atoms with Gasteiger partial charge in [-0.15, -0.1) is 0 Å². The van der Waals surface area contributed by atoms with E-state index in [0.29, 0.717) is 0 Å². The fourth-order valence-electron chi connectivity index (χ4n) is 2.90. The second-order valence-electron chi connectivity index (χ2n) is 5.52. The minimum atomic E-state index is 1.16. The van der Waals surface area contributed by atoms with Gasteiger partial charge in [0.05, 0.1) is 5.69 Å². The van der Waals surface area contributed by atoms with Crippen molar-refractivity contribution >= 4 is 10.9 Å². The van der Waals surface area contributed by atoms with Gasteiger partial charge in [0, 0.05) is 28.9 Å². The summed E-state index contributed by atoms with van der Waals surface area (Å²) in [5.41, 5.74) is 7.21. The van der Waals surface area contributed by atoms with Crippen molar-refractivity contribution < 1.29 is 0 Å². The predicted octanol–water partition coefficient (Wildman–Crippen LogP) is 5.21. The van der Waals surface area contributed by atoms with E-state index in [1.54, 1.807) is 0 Å². The molecule has 0 saturated heterocycles. The molecule has 0 aliphatic carbocycles. The number of nitrogens with one attached hydrogen (secondary N) is 1. The highest BCUT2D eigenvalue weighted by molar-refractivity contribution is 6.03. The SMILES string of the molecule is Cc1ccc(-c2[nH]c3ccccc3c2-c2ccncc2)cc1. The van der Waals surface area contributed by atoms with Crippen LogP contribution in [0.3, 0.4) is 0 Å². The lowest BCUT2D eigenvalue weighted by Gasteiger charge is -2.06. The number of fused-ring (bicyclic) bond motifs is 1. The maximum Gasteiger partial charge on any atom is 0.0544 e. The van der Waals surface area contributed by atoms with Gasteiger partial charge < -0.3 is 4.98 Å². The molecule has 0 radical (unpaired) electrons. The van der Waals surface area contributed by atoms with Crippen LogP contribution in [0.4, 0.5) is 0 Å². The van der Waals surface area contributed by atoms with Gasteiger partial charge in [-0.1, -0.05) is 48.0 Å². The Bertz CT molecular complexity index is 919. The van der Waals surface area contributed by atoms with E-state index >= 15 is 0 Å². The zero-order valence-corrected chi connectivity index (χ0v) is 12.4. The van der Waals surface area contributed by atoms with Gasteiger partial charge in [0.1, 0.15) is 0 Å². The number of benzene rings is 2. The quantitative estimate of drug-likeness (QED) is 0.538. The summed E-state index contributed by atoms with van der Waals surface area (Å²) in [5, 5.41) is 1.24. The van der Waals surface area contributed by atoms with Crippen LogP contribution >= 0.6 is 0 Å². The number of nitrogens with zero attached hydrogens (tertiary/aromatic N) is 1. The Hall–Kier alpha value is -2.87. The van der Waals surface area contributed by atoms with Crippen molar-refractivity contribution in [2.24, 2.45) is 0 Å². The third kappa shape index (κ3) is 2.09. The van der Waals surface area contributed by atoms with Gasteiger partial charge in [-0.3, -0.25) is 4.98 Å². The normalized spacial score (nSPS) is 11.0. The number of H-pyrrole nitrogens is 1. The molecule has 1 N–H and O–H groups in total. The van der Waals surface area contributed by atoms with E-state index in [-0.39, 0.29) is 0 Å². The second kappa shape index (κ2) is 5.15. The molecule has 0 amide bonds. The first-order valence-corrected chi connectivity index (χ1v) is 7.41. The van der Waals surface area contributed by atoms with Crippen molar-refractivity contribution in [2.45, 2.75) is 6.92 Å². The first-order valence-electron chi connectivity index (χ1n) is 7.41. The van der Waals surface area contributed by atoms with E-state index in [2.05, 4.69) is 77.6 Å². The van der Waals surface area contributed by atoms with Crippen LogP contribution in [0.25, 0.3) is 33.3 Å². The molecule has 0 saturated carbocycles. The molecule has 2 aromatic carbocycles. The van der Waals surface area contributed by atoms with Crippen LogP contribution in [-0.4, -0.2) is 9.97 Å². The van der Waals surface area contributed by atoms with Gasteiger partial charge in [-0.25, -0.2) is 0 Å². The summed E-state index contributed by atoms with van der Waals surface area (Å²) in [6.45, 7) is 2.11. The minimum absolute atomic E-state index is 1.16. The van der Waals surface area contributed by atoms with Crippen molar-refractivity contribution in [1.29, 1.82) is 0 Å². The number of aromatic nitrogens is 2. The van der Waals surface area contributed by atoms with Gasteiger partial charge in [-0.05, 0) is 36.2 Å². The Morgan fingerprint density at radius 1 is 0.773 bits per heavy atom. The molecule has 0 aliphatic rings. The largest absolute Gasteiger partial charge is 0.354 e. The topological polar surface area (TPSA) is 28.7 Å². The molecule has 0 unspecified atom stereocenters. The summed E-state index contributed by atoms with van der Waals surface area (Å²) in [5.74, 6) is 0. The number of aryl methyl sites for hydroxylation is 1. The molecule has 0 atom stereocenters. The minimum Gasteiger partial charge on any atom is -0.354 e. The van der Waals surface area contributed by atoms with E-state index in [4.69, 9.17) is 0 Å². The highest BCUT2D eigenvalue weighted by Gasteiger charge is 2.14. The zero-order chi connectivity index (χ0) is 14.9. The fraction of sp³-hybridized carbons (Fsp3) is 0.0500. The molecular weight excluding hydrogens is 268 g/mol. The molecule has 2 nitrogen and oxygen atoms in total. The van der Waals surface area contributed by atoms with Gasteiger partial charge in [-0.2, -0.15) is 0 Å². The lowest BCUT2D eigenvalue weighted by atomic mass is 9.99. The molecule has 22 heavy (non-hydrogen) atoms. The van der Waals surface area contributed by atoms with Crippen LogP contribution in [0.2, 0.25) is 0 Å². The number of para-hydroxylation sites is 1. The smallest absolute Gasteiger partial charge is 0.0544 e. The Kier molecular flexibility index (Phi) is 3.01. The number of rotatable bonds is 2. The van der Waals surface area contributed by atoms with Crippen molar-refractivity contribution in [1.82, 2.24) is 9.97 Å². The van der Waals surface area contributed by atoms with Crippen LogP contribution in [0.1, 0.15) is 5.56 Å². The summed E-state index contributed by atoms with van der Waals surface area (Å²) < 4.78 is 0. The maximum atomic E-state index is 4.14. The number of hydrogen-bond donors (Lipinski definition) is 1. The maximum absolute atomic E-state index is 4.14. The predicted molar refractivity (Wildman–Crippen MR) is 91.7 cm³/mol. The third-order valence-corrected chi connectivity index (χ3v) is 4.02. The number of hydrogen-bond acceptors (Lipinski definition) is 1. The van der Waals surface area contributed by atoms with Crippen LogP contribution in [0.5, 0.6) is 0 Å². The number of aromatic amines is 1. The van der Waals surface area contributed by atoms with E-state index in [9.17, 15) is 0 Å². The highest BCUT2D eigenvalue weighted by Crippen LogP contribution is 2.37. The summed E-state index contributed by atoms with van der Waals surface area (Å²) in [6, 6.07) is 21.2. The molecule has 2 heterocycles. The van der Waals surface area contributed by atoms with E-state index < -0.39 is 0 Å². The molecule has 2 aromatic heterocycles. The van der Waals surface area contributed by atoms with E-state index in [0.717, 1.165) is 11.2 Å². The molecular formula is C20H16N2. The van der Waals surface area contributed by atoms with Crippen molar-refractivity contribution in [3.8, 4) is 22.4 Å². The zero-order valence-electron chi connectivity index (χ0n) is 12.4. The average molecular weight is 284 g/mol. The first kappa shape index (κ1) is 12.8. The van der Waals surface area contributed by atoms with Crippen LogP contribution < -0.4 is 0 Å². The summed E-state index contributed by atoms with van der Waals surface area (Å²) in [7, 11) is 0. The highest BCUT2D eigenvalue weighted by atomic mass is 14.7. The average Bonchev–Trinajstić information content (AvgIpc) is 2.96. The summed E-state index contributed by atoms with van der Waals surface area (Å²) >= 11 is 0. The number of pyridine rings is 1. The third-order valence-electron chi connectivity index (χ3n) is 4.02. The fourth-order valence-corrected chi connectivity index (χ4v) is 2.90. The second-order valence-corrected chi connectivity index (χ2v) is 5.52. The van der Waals surface area contributed by atoms with Crippen LogP contribution in [0, 0.1) is 6.92 Å². The van der Waals surface area contributed by atoms with Gasteiger partial charge >= 0.3 is 0 Å². The van der Waals surface area contributed by atoms with Gasteiger partial charge in [0.25, 0.3) is 0 Å². The molecule has 0 spiro atoms. The van der Waals surface area contributed by atoms with Crippen LogP contribution in [0.15, 0.2) is 73.1 Å². The Balaban J connectivity index is 2.04. The monoisotopic (exact) mass is 284 g/mol. The van der Waals surface area contributed by atoms with Crippen molar-refractivity contribution in [3.05, 3.63) is 78.6 Å². The molecule has 4 rings (SSSR count). The lowest BCUT2D eigenvalue weighted by molar-refractivity contribution is 1.33. The Morgan fingerprint density at radius 3 is 2.27 bits per heavy atom. The van der Waals surface area contributed by atoms with E-state index in [1.807, 2.05) is 12.4 Å². The van der Waals surface area contributed by atoms with Crippen molar-refractivity contribution in [2.75, 3.05) is 0 Å². The Labute approximate surface area is 129 Å². The molecule has 106 valence electrons. The molecule has 0 fully saturated rings. The van der Waals surface area contributed by atoms with E-state index in [1.165, 1.54) is 27.6 Å². The molecule has 0 bridgehead atoms. The standard InChI is InChI=1S/C20H16N2/c1-14-6-8-16(9-7-14)20-19(15-10-12-21-13-11-15)17-4-2-3-5-18(17)22-20/h2-13,22H,1H3. The molecule has 4 aromatic rings. The lowest BCUT2D eigenvalue weighted by Crippen LogP contribution is -1.83. The summed E-state index contributed by atoms with van der Waals surface area (Å²) in [4.78, 5) is 7.72. The molecule has 2 heteroatoms. The first-order chi connectivity index (χ1) is 10.8. The van der Waals surface area contributed by atoms with Gasteiger partial charge in [0.15, 0.2) is 0 Å². The molecule has 0 aliphatic heterocycles. The van der Waals surface area contributed by atoms with Crippen LogP contribution in [-0.2, 0) is 0 Å². The Morgan fingerprint density at radius 2 is 1.50 bits per heavy atom. The van der Waals surface area contributed by atoms with Crippen molar-refractivity contribution in [3.63, 3.8) is 0 Å². The van der Waals surface area contributed by atoms with Gasteiger partial charge in [0.2, 0.25) is 0 Å².